The topological polar surface area (TPSA) is 88.3 Å². The normalized spacial score (nSPS) is 16.5. The molecule has 1 atom stereocenters. The maximum atomic E-state index is 13.0. The average Bonchev–Trinajstić information content (AvgIpc) is 3.11. The molecule has 6 nitrogen and oxygen atoms in total. The molecule has 3 aromatic rings. The molecule has 9 heteroatoms. The number of hydrogen-bond acceptors (Lipinski definition) is 4. The molecule has 1 aromatic heterocycles. The Kier molecular flexibility index (Phi) is 4.81. The molecule has 1 amide bonds. The highest BCUT2D eigenvalue weighted by Crippen LogP contribution is 2.32. The quantitative estimate of drug-likeness (QED) is 0.642. The van der Waals surface area contributed by atoms with Crippen molar-refractivity contribution in [3.05, 3.63) is 69.9 Å². The van der Waals surface area contributed by atoms with E-state index in [9.17, 15) is 27.6 Å². The van der Waals surface area contributed by atoms with E-state index in [2.05, 4.69) is 10.3 Å². The van der Waals surface area contributed by atoms with Crippen molar-refractivity contribution in [1.82, 2.24) is 10.3 Å². The number of para-hydroxylation sites is 1. The van der Waals surface area contributed by atoms with Gasteiger partial charge < -0.3 is 15.0 Å². The molecule has 0 aliphatic carbocycles. The maximum Gasteiger partial charge on any atom is 0.416 e. The number of carbonyl (C=O) groups excluding carboxylic acids is 2. The van der Waals surface area contributed by atoms with Gasteiger partial charge in [-0.1, -0.05) is 18.2 Å². The second-order valence-corrected chi connectivity index (χ2v) is 6.84. The second kappa shape index (κ2) is 7.33. The van der Waals surface area contributed by atoms with Gasteiger partial charge in [-0.15, -0.1) is 0 Å². The number of aromatic amines is 1. The first-order valence-corrected chi connectivity index (χ1v) is 9.05. The van der Waals surface area contributed by atoms with Gasteiger partial charge >= 0.3 is 12.1 Å². The van der Waals surface area contributed by atoms with Crippen molar-refractivity contribution in [2.45, 2.75) is 18.6 Å². The number of cyclic esters (lactones) is 1. The Balaban J connectivity index is 1.79. The highest BCUT2D eigenvalue weighted by atomic mass is 19.4. The number of hydrogen-bond donors (Lipinski definition) is 2. The van der Waals surface area contributed by atoms with Crippen LogP contribution in [-0.2, 0) is 15.7 Å². The first-order valence-electron chi connectivity index (χ1n) is 9.05. The van der Waals surface area contributed by atoms with Crippen LogP contribution < -0.4 is 10.7 Å². The van der Waals surface area contributed by atoms with Crippen LogP contribution >= 0.6 is 0 Å². The summed E-state index contributed by atoms with van der Waals surface area (Å²) in [4.78, 5) is 39.8. The number of benzene rings is 2. The minimum absolute atomic E-state index is 0.0955. The van der Waals surface area contributed by atoms with Gasteiger partial charge in [0.05, 0.1) is 23.3 Å². The predicted molar refractivity (Wildman–Crippen MR) is 102 cm³/mol. The number of fused-ring (bicyclic) bond motifs is 1. The molecule has 4 rings (SSSR count). The lowest BCUT2D eigenvalue weighted by Gasteiger charge is -2.13. The SMILES string of the molecule is O=C(NC1CCOC1=O)c1cccc2c(=O)cc(-c3cccc(C(F)(F)F)c3)[nH]c12. The van der Waals surface area contributed by atoms with E-state index in [0.29, 0.717) is 6.42 Å². The van der Waals surface area contributed by atoms with Crippen LogP contribution in [0.2, 0.25) is 0 Å². The van der Waals surface area contributed by atoms with Crippen molar-refractivity contribution in [3.8, 4) is 11.3 Å². The predicted octanol–water partition coefficient (Wildman–Crippen LogP) is 3.26. The largest absolute Gasteiger partial charge is 0.464 e. The van der Waals surface area contributed by atoms with Crippen LogP contribution in [0.4, 0.5) is 13.2 Å². The summed E-state index contributed by atoms with van der Waals surface area (Å²) in [5, 5.41) is 2.76. The fourth-order valence-electron chi connectivity index (χ4n) is 3.34. The van der Waals surface area contributed by atoms with E-state index in [-0.39, 0.29) is 34.3 Å². The minimum atomic E-state index is -4.53. The summed E-state index contributed by atoms with van der Waals surface area (Å²) in [5.74, 6) is -1.14. The van der Waals surface area contributed by atoms with Crippen LogP contribution in [-0.4, -0.2) is 29.5 Å². The van der Waals surface area contributed by atoms with Gasteiger partial charge in [0.1, 0.15) is 6.04 Å². The number of pyridine rings is 1. The van der Waals surface area contributed by atoms with Crippen LogP contribution in [0.5, 0.6) is 0 Å². The van der Waals surface area contributed by atoms with Gasteiger partial charge in [0, 0.05) is 23.6 Å². The van der Waals surface area contributed by atoms with Crippen molar-refractivity contribution >= 4 is 22.8 Å². The molecule has 2 heterocycles. The number of ether oxygens (including phenoxy) is 1. The van der Waals surface area contributed by atoms with Crippen LogP contribution in [0.3, 0.4) is 0 Å². The number of amides is 1. The van der Waals surface area contributed by atoms with Crippen molar-refractivity contribution in [2.75, 3.05) is 6.61 Å². The standard InChI is InChI=1S/C21H15F3N2O4/c22-21(23,24)12-4-1-3-11(9-12)16-10-17(27)13-5-2-6-14(18(13)25-16)19(28)26-15-7-8-30-20(15)29/h1-6,9-10,15H,7-8H2,(H,25,27)(H,26,28). The number of nitrogens with one attached hydrogen (secondary N) is 2. The Hall–Kier alpha value is -3.62. The lowest BCUT2D eigenvalue weighted by atomic mass is 10.0. The number of halogens is 3. The highest BCUT2D eigenvalue weighted by Gasteiger charge is 2.31. The fraction of sp³-hybridized carbons (Fsp3) is 0.190. The van der Waals surface area contributed by atoms with Crippen LogP contribution in [0.15, 0.2) is 53.3 Å². The number of rotatable bonds is 3. The lowest BCUT2D eigenvalue weighted by Crippen LogP contribution is -2.38. The average molecular weight is 416 g/mol. The Morgan fingerprint density at radius 3 is 2.57 bits per heavy atom. The molecule has 154 valence electrons. The first kappa shape index (κ1) is 19.7. The summed E-state index contributed by atoms with van der Waals surface area (Å²) < 4.78 is 44.0. The summed E-state index contributed by atoms with van der Waals surface area (Å²) in [6.45, 7) is 0.204. The third kappa shape index (κ3) is 3.66. The monoisotopic (exact) mass is 416 g/mol. The number of esters is 1. The molecule has 1 aliphatic heterocycles. The molecule has 0 radical (unpaired) electrons. The van der Waals surface area contributed by atoms with Crippen molar-refractivity contribution in [3.63, 3.8) is 0 Å². The number of H-pyrrole nitrogens is 1. The van der Waals surface area contributed by atoms with E-state index in [4.69, 9.17) is 4.74 Å². The molecule has 1 aliphatic rings. The Morgan fingerprint density at radius 1 is 1.10 bits per heavy atom. The van der Waals surface area contributed by atoms with E-state index < -0.39 is 35.1 Å². The van der Waals surface area contributed by atoms with Crippen LogP contribution in [0.25, 0.3) is 22.2 Å². The van der Waals surface area contributed by atoms with Crippen molar-refractivity contribution in [2.24, 2.45) is 0 Å². The van der Waals surface area contributed by atoms with E-state index in [1.165, 1.54) is 36.4 Å². The summed E-state index contributed by atoms with van der Waals surface area (Å²) in [7, 11) is 0. The van der Waals surface area contributed by atoms with E-state index in [0.717, 1.165) is 12.1 Å². The summed E-state index contributed by atoms with van der Waals surface area (Å²) in [5.41, 5.74) is -0.755. The molecular formula is C21H15F3N2O4. The number of carbonyl (C=O) groups is 2. The number of aromatic nitrogens is 1. The van der Waals surface area contributed by atoms with Gasteiger partial charge in [0.25, 0.3) is 5.91 Å². The molecule has 1 saturated heterocycles. The van der Waals surface area contributed by atoms with E-state index in [1.54, 1.807) is 0 Å². The molecule has 1 fully saturated rings. The molecule has 2 aromatic carbocycles. The maximum absolute atomic E-state index is 13.0. The summed E-state index contributed by atoms with van der Waals surface area (Å²) in [6.07, 6.45) is -4.20. The van der Waals surface area contributed by atoms with Crippen LogP contribution in [0.1, 0.15) is 22.3 Å². The Bertz CT molecular complexity index is 1220. The molecular weight excluding hydrogens is 401 g/mol. The van der Waals surface area contributed by atoms with Gasteiger partial charge in [-0.2, -0.15) is 13.2 Å². The molecule has 30 heavy (non-hydrogen) atoms. The second-order valence-electron chi connectivity index (χ2n) is 6.84. The zero-order valence-corrected chi connectivity index (χ0v) is 15.4. The summed E-state index contributed by atoms with van der Waals surface area (Å²) in [6, 6.07) is 9.42. The van der Waals surface area contributed by atoms with Gasteiger partial charge in [-0.3, -0.25) is 9.59 Å². The molecule has 1 unspecified atom stereocenters. The van der Waals surface area contributed by atoms with E-state index >= 15 is 0 Å². The van der Waals surface area contributed by atoms with Gasteiger partial charge in [0.15, 0.2) is 5.43 Å². The summed E-state index contributed by atoms with van der Waals surface area (Å²) >= 11 is 0. The van der Waals surface area contributed by atoms with Crippen molar-refractivity contribution in [1.29, 1.82) is 0 Å². The van der Waals surface area contributed by atoms with Gasteiger partial charge in [0.2, 0.25) is 0 Å². The zero-order chi connectivity index (χ0) is 21.5. The fourth-order valence-corrected chi connectivity index (χ4v) is 3.34. The Morgan fingerprint density at radius 2 is 1.87 bits per heavy atom. The lowest BCUT2D eigenvalue weighted by molar-refractivity contribution is -0.139. The Labute approximate surface area is 167 Å². The zero-order valence-electron chi connectivity index (χ0n) is 15.4. The van der Waals surface area contributed by atoms with Gasteiger partial charge in [-0.05, 0) is 29.8 Å². The molecule has 0 bridgehead atoms. The third-order valence-corrected chi connectivity index (χ3v) is 4.85. The van der Waals surface area contributed by atoms with Crippen molar-refractivity contribution < 1.29 is 27.5 Å². The molecule has 2 N–H and O–H groups in total. The van der Waals surface area contributed by atoms with Crippen LogP contribution in [0, 0.1) is 0 Å². The first-order chi connectivity index (χ1) is 14.2. The van der Waals surface area contributed by atoms with Gasteiger partial charge in [-0.25, -0.2) is 4.79 Å². The smallest absolute Gasteiger partial charge is 0.416 e. The molecule has 0 spiro atoms. The third-order valence-electron chi connectivity index (χ3n) is 4.85. The highest BCUT2D eigenvalue weighted by molar-refractivity contribution is 6.07. The minimum Gasteiger partial charge on any atom is -0.464 e. The van der Waals surface area contributed by atoms with E-state index in [1.807, 2.05) is 0 Å². The molecule has 0 saturated carbocycles. The number of alkyl halides is 3.